The highest BCUT2D eigenvalue weighted by molar-refractivity contribution is 9.11. The van der Waals surface area contributed by atoms with Crippen LogP contribution in [0.4, 0.5) is 0 Å². The van der Waals surface area contributed by atoms with Crippen LogP contribution in [0, 0.1) is 0 Å². The number of hydrogen-bond donors (Lipinski definition) is 1. The minimum absolute atomic E-state index is 0.246. The zero-order chi connectivity index (χ0) is 13.9. The van der Waals surface area contributed by atoms with Crippen LogP contribution in [-0.2, 0) is 0 Å². The lowest BCUT2D eigenvalue weighted by atomic mass is 10.2. The molecule has 20 heavy (non-hydrogen) atoms. The van der Waals surface area contributed by atoms with E-state index in [4.69, 9.17) is 4.42 Å². The van der Waals surface area contributed by atoms with Gasteiger partial charge in [0.05, 0.1) is 10.0 Å². The number of thiophene rings is 1. The fourth-order valence-corrected chi connectivity index (χ4v) is 3.00. The Morgan fingerprint density at radius 2 is 2.15 bits per heavy atom. The first-order chi connectivity index (χ1) is 9.72. The van der Waals surface area contributed by atoms with Gasteiger partial charge in [-0.05, 0) is 40.2 Å². The number of rotatable bonds is 3. The lowest BCUT2D eigenvalue weighted by Gasteiger charge is -1.93. The molecule has 0 radical (unpaired) electrons. The van der Waals surface area contributed by atoms with Gasteiger partial charge in [-0.3, -0.25) is 4.79 Å². The summed E-state index contributed by atoms with van der Waals surface area (Å²) in [5.41, 5.74) is 3.13. The molecule has 1 aromatic carbocycles. The van der Waals surface area contributed by atoms with Gasteiger partial charge >= 0.3 is 5.91 Å². The van der Waals surface area contributed by atoms with Crippen LogP contribution in [0.25, 0.3) is 11.0 Å². The first-order valence-corrected chi connectivity index (χ1v) is 7.40. The van der Waals surface area contributed by atoms with Crippen molar-refractivity contribution in [3.63, 3.8) is 0 Å². The molecule has 3 rings (SSSR count). The summed E-state index contributed by atoms with van der Waals surface area (Å²) in [5.74, 6) is -0.121. The summed E-state index contributed by atoms with van der Waals surface area (Å²) in [6.07, 6.45) is 1.59. The van der Waals surface area contributed by atoms with Crippen molar-refractivity contribution >= 4 is 50.4 Å². The van der Waals surface area contributed by atoms with Crippen molar-refractivity contribution in [2.75, 3.05) is 0 Å². The molecule has 0 atom stereocenters. The lowest BCUT2D eigenvalue weighted by Crippen LogP contribution is -2.16. The summed E-state index contributed by atoms with van der Waals surface area (Å²) in [7, 11) is 0. The summed E-state index contributed by atoms with van der Waals surface area (Å²) >= 11 is 4.90. The van der Waals surface area contributed by atoms with E-state index in [0.29, 0.717) is 5.58 Å². The Kier molecular flexibility index (Phi) is 3.66. The quantitative estimate of drug-likeness (QED) is 0.574. The van der Waals surface area contributed by atoms with Gasteiger partial charge in [0.15, 0.2) is 5.76 Å². The van der Waals surface area contributed by atoms with Crippen molar-refractivity contribution in [3.8, 4) is 0 Å². The predicted octanol–water partition coefficient (Wildman–Crippen LogP) is 4.02. The monoisotopic (exact) mass is 348 g/mol. The molecule has 1 N–H and O–H groups in total. The second kappa shape index (κ2) is 5.60. The predicted molar refractivity (Wildman–Crippen MR) is 83.3 cm³/mol. The zero-order valence-electron chi connectivity index (χ0n) is 10.2. The molecular weight excluding hydrogens is 340 g/mol. The van der Waals surface area contributed by atoms with Crippen LogP contribution in [0.2, 0.25) is 0 Å². The highest BCUT2D eigenvalue weighted by atomic mass is 79.9. The summed E-state index contributed by atoms with van der Waals surface area (Å²) in [4.78, 5) is 12.8. The first kappa shape index (κ1) is 13.1. The van der Waals surface area contributed by atoms with Gasteiger partial charge in [-0.15, -0.1) is 11.3 Å². The normalized spacial score (nSPS) is 11.2. The Bertz CT molecular complexity index is 758. The zero-order valence-corrected chi connectivity index (χ0v) is 12.6. The van der Waals surface area contributed by atoms with Crippen molar-refractivity contribution in [2.24, 2.45) is 5.10 Å². The average molecular weight is 349 g/mol. The number of fused-ring (bicyclic) bond motifs is 1. The Hall–Kier alpha value is -1.92. The Balaban J connectivity index is 1.71. The third-order valence-corrected chi connectivity index (χ3v) is 4.16. The Morgan fingerprint density at radius 1 is 1.30 bits per heavy atom. The summed E-state index contributed by atoms with van der Waals surface area (Å²) in [6.45, 7) is 0. The van der Waals surface area contributed by atoms with Crippen LogP contribution in [-0.4, -0.2) is 12.1 Å². The highest BCUT2D eigenvalue weighted by Crippen LogP contribution is 2.20. The van der Waals surface area contributed by atoms with Crippen LogP contribution in [0.5, 0.6) is 0 Å². The third kappa shape index (κ3) is 2.81. The molecule has 0 saturated carbocycles. The number of amides is 1. The Morgan fingerprint density at radius 3 is 2.90 bits per heavy atom. The van der Waals surface area contributed by atoms with E-state index < -0.39 is 0 Å². The summed E-state index contributed by atoms with van der Waals surface area (Å²) in [6, 6.07) is 13.0. The molecule has 0 aliphatic carbocycles. The Labute approximate surface area is 127 Å². The van der Waals surface area contributed by atoms with Gasteiger partial charge in [-0.1, -0.05) is 18.2 Å². The summed E-state index contributed by atoms with van der Waals surface area (Å²) in [5, 5.41) is 4.80. The molecule has 1 amide bonds. The maximum atomic E-state index is 11.9. The molecule has 3 aromatic rings. The van der Waals surface area contributed by atoms with Crippen LogP contribution in [0.3, 0.4) is 0 Å². The van der Waals surface area contributed by atoms with Crippen LogP contribution >= 0.6 is 27.3 Å². The van der Waals surface area contributed by atoms with Crippen molar-refractivity contribution < 1.29 is 9.21 Å². The van der Waals surface area contributed by atoms with Crippen LogP contribution in [0.15, 0.2) is 55.8 Å². The molecule has 0 aliphatic heterocycles. The number of carbonyl (C=O) groups is 1. The van der Waals surface area contributed by atoms with Gasteiger partial charge < -0.3 is 4.42 Å². The van der Waals surface area contributed by atoms with E-state index >= 15 is 0 Å². The maximum Gasteiger partial charge on any atom is 0.307 e. The van der Waals surface area contributed by atoms with E-state index in [1.807, 2.05) is 36.4 Å². The van der Waals surface area contributed by atoms with Crippen molar-refractivity contribution in [2.45, 2.75) is 0 Å². The van der Waals surface area contributed by atoms with E-state index in [9.17, 15) is 4.79 Å². The smallest absolute Gasteiger partial charge is 0.307 e. The van der Waals surface area contributed by atoms with Crippen LogP contribution < -0.4 is 5.43 Å². The summed E-state index contributed by atoms with van der Waals surface area (Å²) < 4.78 is 6.46. The van der Waals surface area contributed by atoms with E-state index in [2.05, 4.69) is 26.5 Å². The standard InChI is InChI=1S/C14H9BrN2O2S/c15-13-6-5-10(20-13)8-16-17-14(18)12-7-9-3-1-2-4-11(9)19-12/h1-8H,(H,17,18)/b16-8+. The van der Waals surface area contributed by atoms with Crippen molar-refractivity contribution in [3.05, 3.63) is 56.9 Å². The second-order valence-corrected chi connectivity index (χ2v) is 6.48. The van der Waals surface area contributed by atoms with Gasteiger partial charge in [0.2, 0.25) is 0 Å². The molecule has 4 nitrogen and oxygen atoms in total. The third-order valence-electron chi connectivity index (χ3n) is 2.60. The number of hydrogen-bond acceptors (Lipinski definition) is 4. The largest absolute Gasteiger partial charge is 0.451 e. The van der Waals surface area contributed by atoms with Gasteiger partial charge in [0.25, 0.3) is 0 Å². The molecule has 6 heteroatoms. The molecule has 100 valence electrons. The molecule has 2 heterocycles. The fourth-order valence-electron chi connectivity index (χ4n) is 1.70. The van der Waals surface area contributed by atoms with E-state index in [-0.39, 0.29) is 11.7 Å². The number of carbonyl (C=O) groups excluding carboxylic acids is 1. The molecule has 0 fully saturated rings. The first-order valence-electron chi connectivity index (χ1n) is 5.80. The van der Waals surface area contributed by atoms with E-state index in [1.165, 1.54) is 11.3 Å². The second-order valence-electron chi connectivity index (χ2n) is 3.99. The van der Waals surface area contributed by atoms with E-state index in [0.717, 1.165) is 14.0 Å². The number of para-hydroxylation sites is 1. The molecule has 0 unspecified atom stereocenters. The number of hydrazone groups is 1. The van der Waals surface area contributed by atoms with Crippen molar-refractivity contribution in [1.29, 1.82) is 0 Å². The highest BCUT2D eigenvalue weighted by Gasteiger charge is 2.10. The number of benzene rings is 1. The minimum atomic E-state index is -0.368. The van der Waals surface area contributed by atoms with Gasteiger partial charge in [0, 0.05) is 10.3 Å². The number of nitrogens with zero attached hydrogens (tertiary/aromatic N) is 1. The number of halogens is 1. The number of nitrogens with one attached hydrogen (secondary N) is 1. The maximum absolute atomic E-state index is 11.9. The fraction of sp³-hybridized carbons (Fsp3) is 0. The molecule has 2 aromatic heterocycles. The average Bonchev–Trinajstić information content (AvgIpc) is 3.04. The molecule has 0 saturated heterocycles. The van der Waals surface area contributed by atoms with Gasteiger partial charge in [0.1, 0.15) is 5.58 Å². The molecule has 0 spiro atoms. The minimum Gasteiger partial charge on any atom is -0.451 e. The van der Waals surface area contributed by atoms with Gasteiger partial charge in [-0.2, -0.15) is 5.10 Å². The molecular formula is C14H9BrN2O2S. The molecule has 0 bridgehead atoms. The van der Waals surface area contributed by atoms with E-state index in [1.54, 1.807) is 12.3 Å². The topological polar surface area (TPSA) is 54.6 Å². The van der Waals surface area contributed by atoms with Crippen LogP contribution in [0.1, 0.15) is 15.4 Å². The molecule has 0 aliphatic rings. The van der Waals surface area contributed by atoms with Gasteiger partial charge in [-0.25, -0.2) is 5.43 Å². The number of furan rings is 1. The SMILES string of the molecule is O=C(N/N=C/c1ccc(Br)s1)c1cc2ccccc2o1. The lowest BCUT2D eigenvalue weighted by molar-refractivity contribution is 0.0929. The van der Waals surface area contributed by atoms with Crippen molar-refractivity contribution in [1.82, 2.24) is 5.43 Å².